The van der Waals surface area contributed by atoms with Crippen LogP contribution in [-0.2, 0) is 13.1 Å². The van der Waals surface area contributed by atoms with Gasteiger partial charge < -0.3 is 5.32 Å². The van der Waals surface area contributed by atoms with E-state index in [0.29, 0.717) is 0 Å². The molecule has 0 spiro atoms. The van der Waals surface area contributed by atoms with Crippen LogP contribution in [0.25, 0.3) is 0 Å². The van der Waals surface area contributed by atoms with Crippen molar-refractivity contribution in [1.82, 2.24) is 9.78 Å². The van der Waals surface area contributed by atoms with E-state index < -0.39 is 0 Å². The Morgan fingerprint density at radius 1 is 1.21 bits per heavy atom. The van der Waals surface area contributed by atoms with E-state index in [2.05, 4.69) is 74.3 Å². The number of aryl methyl sites for hydroxylation is 3. The molecule has 102 valence electrons. The molecule has 0 bridgehead atoms. The Bertz CT molecular complexity index is 591. The highest BCUT2D eigenvalue weighted by Gasteiger charge is 2.12. The number of aromatic nitrogens is 2. The average molecular weight is 387 g/mol. The smallest absolute Gasteiger partial charge is 0.0739 e. The van der Waals surface area contributed by atoms with Gasteiger partial charge in [-0.1, -0.05) is 12.1 Å². The minimum absolute atomic E-state index is 0.747. The number of anilines is 1. The second-order valence-electron chi connectivity index (χ2n) is 4.45. The van der Waals surface area contributed by atoms with Crippen LogP contribution in [0.15, 0.2) is 27.1 Å². The lowest BCUT2D eigenvalue weighted by Crippen LogP contribution is -2.08. The molecule has 1 aromatic carbocycles. The van der Waals surface area contributed by atoms with Gasteiger partial charge in [0.25, 0.3) is 0 Å². The van der Waals surface area contributed by atoms with Crippen molar-refractivity contribution in [3.8, 4) is 0 Å². The third-order valence-electron chi connectivity index (χ3n) is 3.09. The van der Waals surface area contributed by atoms with Gasteiger partial charge in [-0.15, -0.1) is 0 Å². The standard InChI is InChI=1S/C14H17Br2N3/c1-4-19-12(14(16)10(3)18-19)8-17-11-7-5-6-9(2)13(11)15/h5-7,17H,4,8H2,1-3H3. The van der Waals surface area contributed by atoms with Crippen LogP contribution in [-0.4, -0.2) is 9.78 Å². The highest BCUT2D eigenvalue weighted by Crippen LogP contribution is 2.27. The van der Waals surface area contributed by atoms with Crippen molar-refractivity contribution in [3.63, 3.8) is 0 Å². The summed E-state index contributed by atoms with van der Waals surface area (Å²) in [7, 11) is 0. The molecule has 2 aromatic rings. The van der Waals surface area contributed by atoms with Crippen LogP contribution in [0.3, 0.4) is 0 Å². The highest BCUT2D eigenvalue weighted by atomic mass is 79.9. The average Bonchev–Trinajstić information content (AvgIpc) is 2.67. The number of benzene rings is 1. The Hall–Kier alpha value is -0.810. The molecule has 0 amide bonds. The summed E-state index contributed by atoms with van der Waals surface area (Å²) in [5.41, 5.74) is 4.54. The van der Waals surface area contributed by atoms with Gasteiger partial charge in [-0.2, -0.15) is 5.10 Å². The first-order valence-corrected chi connectivity index (χ1v) is 7.84. The lowest BCUT2D eigenvalue weighted by atomic mass is 10.2. The molecule has 0 saturated carbocycles. The van der Waals surface area contributed by atoms with Crippen molar-refractivity contribution in [2.24, 2.45) is 0 Å². The Morgan fingerprint density at radius 3 is 2.63 bits per heavy atom. The SMILES string of the molecule is CCn1nc(C)c(Br)c1CNc1cccc(C)c1Br. The quantitative estimate of drug-likeness (QED) is 0.828. The maximum atomic E-state index is 4.50. The van der Waals surface area contributed by atoms with E-state index in [1.807, 2.05) is 11.6 Å². The fourth-order valence-electron chi connectivity index (χ4n) is 2.00. The molecule has 19 heavy (non-hydrogen) atoms. The fraction of sp³-hybridized carbons (Fsp3) is 0.357. The summed E-state index contributed by atoms with van der Waals surface area (Å²) < 4.78 is 4.23. The summed E-state index contributed by atoms with van der Waals surface area (Å²) in [5.74, 6) is 0. The molecule has 5 heteroatoms. The molecule has 0 fully saturated rings. The first kappa shape index (κ1) is 14.6. The third kappa shape index (κ3) is 3.03. The Morgan fingerprint density at radius 2 is 1.95 bits per heavy atom. The first-order valence-electron chi connectivity index (χ1n) is 6.25. The third-order valence-corrected chi connectivity index (χ3v) is 5.18. The van der Waals surface area contributed by atoms with Gasteiger partial charge in [-0.05, 0) is 64.3 Å². The number of nitrogens with one attached hydrogen (secondary N) is 1. The van der Waals surface area contributed by atoms with E-state index in [4.69, 9.17) is 0 Å². The van der Waals surface area contributed by atoms with Gasteiger partial charge in [0.15, 0.2) is 0 Å². The lowest BCUT2D eigenvalue weighted by molar-refractivity contribution is 0.622. The number of rotatable bonds is 4. The molecule has 0 radical (unpaired) electrons. The Labute approximate surface area is 130 Å². The Balaban J connectivity index is 2.21. The summed E-state index contributed by atoms with van der Waals surface area (Å²) in [6.45, 7) is 7.83. The normalized spacial score (nSPS) is 10.8. The van der Waals surface area contributed by atoms with Gasteiger partial charge >= 0.3 is 0 Å². The van der Waals surface area contributed by atoms with Gasteiger partial charge in [0.05, 0.1) is 22.4 Å². The number of hydrogen-bond donors (Lipinski definition) is 1. The molecule has 2 rings (SSSR count). The van der Waals surface area contributed by atoms with Gasteiger partial charge in [0.2, 0.25) is 0 Å². The molecule has 1 heterocycles. The summed E-state index contributed by atoms with van der Waals surface area (Å²) in [4.78, 5) is 0. The fourth-order valence-corrected chi connectivity index (χ4v) is 2.83. The van der Waals surface area contributed by atoms with Crippen LogP contribution >= 0.6 is 31.9 Å². The van der Waals surface area contributed by atoms with Crippen molar-refractivity contribution < 1.29 is 0 Å². The van der Waals surface area contributed by atoms with Gasteiger partial charge in [0.1, 0.15) is 0 Å². The zero-order chi connectivity index (χ0) is 14.0. The molecule has 0 aliphatic heterocycles. The second kappa shape index (κ2) is 6.09. The molecule has 3 nitrogen and oxygen atoms in total. The molecule has 1 aromatic heterocycles. The van der Waals surface area contributed by atoms with E-state index >= 15 is 0 Å². The zero-order valence-electron chi connectivity index (χ0n) is 11.3. The van der Waals surface area contributed by atoms with E-state index in [1.54, 1.807) is 0 Å². The molecular weight excluding hydrogens is 370 g/mol. The van der Waals surface area contributed by atoms with Crippen molar-refractivity contribution in [1.29, 1.82) is 0 Å². The highest BCUT2D eigenvalue weighted by molar-refractivity contribution is 9.11. The van der Waals surface area contributed by atoms with Crippen LogP contribution in [0.1, 0.15) is 23.9 Å². The molecule has 1 N–H and O–H groups in total. The lowest BCUT2D eigenvalue weighted by Gasteiger charge is -2.11. The monoisotopic (exact) mass is 385 g/mol. The van der Waals surface area contributed by atoms with Crippen LogP contribution in [0.5, 0.6) is 0 Å². The maximum absolute atomic E-state index is 4.50. The minimum atomic E-state index is 0.747. The van der Waals surface area contributed by atoms with Crippen molar-refractivity contribution in [3.05, 3.63) is 44.1 Å². The van der Waals surface area contributed by atoms with Crippen molar-refractivity contribution >= 4 is 37.5 Å². The van der Waals surface area contributed by atoms with Crippen LogP contribution in [0.4, 0.5) is 5.69 Å². The summed E-state index contributed by atoms with van der Waals surface area (Å²) in [5, 5.41) is 7.96. The van der Waals surface area contributed by atoms with Gasteiger partial charge in [0, 0.05) is 16.7 Å². The van der Waals surface area contributed by atoms with Gasteiger partial charge in [-0.25, -0.2) is 0 Å². The molecule has 0 unspecified atom stereocenters. The number of hydrogen-bond acceptors (Lipinski definition) is 2. The number of nitrogens with zero attached hydrogens (tertiary/aromatic N) is 2. The van der Waals surface area contributed by atoms with E-state index in [-0.39, 0.29) is 0 Å². The van der Waals surface area contributed by atoms with Crippen molar-refractivity contribution in [2.45, 2.75) is 33.9 Å². The maximum Gasteiger partial charge on any atom is 0.0739 e. The molecule has 0 atom stereocenters. The molecule has 0 saturated heterocycles. The Kier molecular flexibility index (Phi) is 4.68. The van der Waals surface area contributed by atoms with Crippen LogP contribution in [0.2, 0.25) is 0 Å². The first-order chi connectivity index (χ1) is 9.04. The van der Waals surface area contributed by atoms with Crippen LogP contribution in [0, 0.1) is 13.8 Å². The summed E-state index contributed by atoms with van der Waals surface area (Å²) in [6, 6.07) is 6.22. The van der Waals surface area contributed by atoms with Crippen molar-refractivity contribution in [2.75, 3.05) is 5.32 Å². The minimum Gasteiger partial charge on any atom is -0.378 e. The van der Waals surface area contributed by atoms with E-state index in [9.17, 15) is 0 Å². The van der Waals surface area contributed by atoms with E-state index in [0.717, 1.165) is 33.4 Å². The second-order valence-corrected chi connectivity index (χ2v) is 6.04. The molecule has 0 aliphatic carbocycles. The summed E-state index contributed by atoms with van der Waals surface area (Å²) >= 11 is 7.23. The number of halogens is 2. The van der Waals surface area contributed by atoms with Crippen LogP contribution < -0.4 is 5.32 Å². The predicted molar refractivity (Wildman–Crippen MR) is 86.5 cm³/mol. The van der Waals surface area contributed by atoms with E-state index in [1.165, 1.54) is 11.3 Å². The largest absolute Gasteiger partial charge is 0.378 e. The molecule has 0 aliphatic rings. The topological polar surface area (TPSA) is 29.9 Å². The zero-order valence-corrected chi connectivity index (χ0v) is 14.5. The summed E-state index contributed by atoms with van der Waals surface area (Å²) in [6.07, 6.45) is 0. The van der Waals surface area contributed by atoms with Gasteiger partial charge in [-0.3, -0.25) is 4.68 Å². The predicted octanol–water partition coefficient (Wildman–Crippen LogP) is 4.66. The molecular formula is C14H17Br2N3.